The van der Waals surface area contributed by atoms with Gasteiger partial charge in [-0.3, -0.25) is 0 Å². The third kappa shape index (κ3) is 1.99. The van der Waals surface area contributed by atoms with Crippen molar-refractivity contribution in [3.8, 4) is 0 Å². The molecule has 1 rings (SSSR count). The predicted octanol–water partition coefficient (Wildman–Crippen LogP) is 1.87. The first-order valence-corrected chi connectivity index (χ1v) is 4.56. The number of carboxylic acids is 1. The lowest BCUT2D eigenvalue weighted by Crippen LogP contribution is -2.35. The summed E-state index contributed by atoms with van der Waals surface area (Å²) >= 11 is 0. The van der Waals surface area contributed by atoms with E-state index in [1.165, 1.54) is 0 Å². The van der Waals surface area contributed by atoms with E-state index in [9.17, 15) is 4.79 Å². The summed E-state index contributed by atoms with van der Waals surface area (Å²) in [4.78, 5) is 10.7. The van der Waals surface area contributed by atoms with Gasteiger partial charge in [0.05, 0.1) is 0 Å². The lowest BCUT2D eigenvalue weighted by atomic mass is 9.72. The molecule has 0 aromatic carbocycles. The van der Waals surface area contributed by atoms with Gasteiger partial charge in [0, 0.05) is 5.41 Å². The van der Waals surface area contributed by atoms with Gasteiger partial charge < -0.3 is 10.3 Å². The Morgan fingerprint density at radius 2 is 1.85 bits per heavy atom. The molecule has 0 spiro atoms. The zero-order chi connectivity index (χ0) is 9.90. The van der Waals surface area contributed by atoms with Gasteiger partial charge in [0.1, 0.15) is 0 Å². The second kappa shape index (κ2) is 3.77. The monoisotopic (exact) mass is 185 g/mol. The third-order valence-corrected chi connectivity index (χ3v) is 2.83. The number of hydrogen-bond acceptors (Lipinski definition) is 3. The Morgan fingerprint density at radius 3 is 2.23 bits per heavy atom. The van der Waals surface area contributed by atoms with Crippen LogP contribution in [0.1, 0.15) is 39.0 Å². The maximum Gasteiger partial charge on any atom is 0.354 e. The molecular formula is C9H15NO3. The molecule has 0 radical (unpaired) electrons. The summed E-state index contributed by atoms with van der Waals surface area (Å²) in [6.45, 7) is 1.86. The van der Waals surface area contributed by atoms with E-state index in [4.69, 9.17) is 10.3 Å². The van der Waals surface area contributed by atoms with Crippen molar-refractivity contribution in [3.05, 3.63) is 0 Å². The summed E-state index contributed by atoms with van der Waals surface area (Å²) in [6.07, 6.45) is 4.79. The molecule has 0 unspecified atom stereocenters. The Morgan fingerprint density at radius 1 is 1.31 bits per heavy atom. The average molecular weight is 185 g/mol. The molecule has 4 nitrogen and oxygen atoms in total. The topological polar surface area (TPSA) is 69.9 Å². The van der Waals surface area contributed by atoms with Crippen molar-refractivity contribution in [1.29, 1.82) is 0 Å². The van der Waals surface area contributed by atoms with E-state index >= 15 is 0 Å². The van der Waals surface area contributed by atoms with Gasteiger partial charge in [0.25, 0.3) is 0 Å². The third-order valence-electron chi connectivity index (χ3n) is 2.83. The molecule has 1 fully saturated rings. The smallest absolute Gasteiger partial charge is 0.354 e. The minimum atomic E-state index is -1.10. The van der Waals surface area contributed by atoms with Crippen molar-refractivity contribution < 1.29 is 15.1 Å². The number of carboxylic acid groups (broad SMARTS) is 1. The van der Waals surface area contributed by atoms with Crippen molar-refractivity contribution in [2.75, 3.05) is 0 Å². The van der Waals surface area contributed by atoms with Gasteiger partial charge in [-0.25, -0.2) is 4.79 Å². The van der Waals surface area contributed by atoms with E-state index in [0.29, 0.717) is 0 Å². The Bertz CT molecular complexity index is 229. The lowest BCUT2D eigenvalue weighted by molar-refractivity contribution is -0.130. The molecule has 1 saturated carbocycles. The van der Waals surface area contributed by atoms with Crippen LogP contribution in [0.15, 0.2) is 5.16 Å². The van der Waals surface area contributed by atoms with Gasteiger partial charge >= 0.3 is 5.97 Å². The van der Waals surface area contributed by atoms with E-state index < -0.39 is 11.4 Å². The molecule has 0 atom stereocenters. The number of rotatable bonds is 2. The summed E-state index contributed by atoms with van der Waals surface area (Å²) in [5.41, 5.74) is -0.522. The molecule has 4 heteroatoms. The number of nitrogens with zero attached hydrogens (tertiary/aromatic N) is 1. The number of oxime groups is 1. The van der Waals surface area contributed by atoms with Crippen LogP contribution in [0.5, 0.6) is 0 Å². The molecular weight excluding hydrogens is 170 g/mol. The van der Waals surface area contributed by atoms with Crippen LogP contribution in [0.3, 0.4) is 0 Å². The lowest BCUT2D eigenvalue weighted by Gasteiger charge is -2.31. The van der Waals surface area contributed by atoms with Gasteiger partial charge in [0.2, 0.25) is 0 Å². The van der Waals surface area contributed by atoms with Gasteiger partial charge in [-0.05, 0) is 12.8 Å². The summed E-state index contributed by atoms with van der Waals surface area (Å²) in [5, 5.41) is 20.3. The Kier molecular flexibility index (Phi) is 2.90. The fourth-order valence-electron chi connectivity index (χ4n) is 1.99. The van der Waals surface area contributed by atoms with Crippen LogP contribution in [0, 0.1) is 5.41 Å². The molecule has 0 amide bonds. The van der Waals surface area contributed by atoms with Crippen molar-refractivity contribution in [1.82, 2.24) is 0 Å². The molecule has 2 N–H and O–H groups in total. The molecule has 13 heavy (non-hydrogen) atoms. The summed E-state index contributed by atoms with van der Waals surface area (Å²) in [5.74, 6) is -1.10. The minimum absolute atomic E-state index is 0.0906. The molecule has 0 aromatic rings. The molecule has 0 saturated heterocycles. The molecule has 0 aromatic heterocycles. The van der Waals surface area contributed by atoms with Crippen LogP contribution >= 0.6 is 0 Å². The van der Waals surface area contributed by atoms with Crippen LogP contribution in [-0.2, 0) is 4.79 Å². The maximum atomic E-state index is 10.7. The van der Waals surface area contributed by atoms with Crippen molar-refractivity contribution in [2.45, 2.75) is 39.0 Å². The standard InChI is InChI=1S/C9H15NO3/c1-9(5-3-2-4-6-9)7(10-13)8(11)12/h13H,2-6H2,1H3,(H,11,12)/b10-7+. The summed E-state index contributed by atoms with van der Waals surface area (Å²) in [7, 11) is 0. The second-order valence-electron chi connectivity index (χ2n) is 3.88. The first kappa shape index (κ1) is 10.0. The number of aliphatic carboxylic acids is 1. The number of carbonyl (C=O) groups is 1. The SMILES string of the molecule is CC1(/C(=N/O)C(=O)O)CCCCC1. The first-order valence-electron chi connectivity index (χ1n) is 4.56. The quantitative estimate of drug-likeness (QED) is 0.392. The average Bonchev–Trinajstić information content (AvgIpc) is 2.05. The van der Waals surface area contributed by atoms with E-state index in [1.54, 1.807) is 0 Å². The predicted molar refractivity (Wildman–Crippen MR) is 48.0 cm³/mol. The highest BCUT2D eigenvalue weighted by molar-refractivity contribution is 6.37. The molecule has 74 valence electrons. The molecule has 1 aliphatic carbocycles. The van der Waals surface area contributed by atoms with Crippen LogP contribution in [0.4, 0.5) is 0 Å². The second-order valence-corrected chi connectivity index (χ2v) is 3.88. The Balaban J connectivity index is 2.82. The van der Waals surface area contributed by atoms with E-state index in [0.717, 1.165) is 32.1 Å². The zero-order valence-corrected chi connectivity index (χ0v) is 7.79. The highest BCUT2D eigenvalue weighted by atomic mass is 16.4. The fraction of sp³-hybridized carbons (Fsp3) is 0.778. The maximum absolute atomic E-state index is 10.7. The van der Waals surface area contributed by atoms with Crippen LogP contribution in [0.2, 0.25) is 0 Å². The van der Waals surface area contributed by atoms with Crippen molar-refractivity contribution in [2.24, 2.45) is 10.6 Å². The van der Waals surface area contributed by atoms with Crippen molar-refractivity contribution >= 4 is 11.7 Å². The fourth-order valence-corrected chi connectivity index (χ4v) is 1.99. The van der Waals surface area contributed by atoms with Gasteiger partial charge in [-0.15, -0.1) is 0 Å². The highest BCUT2D eigenvalue weighted by Gasteiger charge is 2.36. The van der Waals surface area contributed by atoms with Gasteiger partial charge in [-0.1, -0.05) is 31.3 Å². The Labute approximate surface area is 77.3 Å². The summed E-state index contributed by atoms with van der Waals surface area (Å²) in [6, 6.07) is 0. The molecule has 1 aliphatic rings. The van der Waals surface area contributed by atoms with Crippen LogP contribution in [-0.4, -0.2) is 22.0 Å². The van der Waals surface area contributed by atoms with Crippen LogP contribution in [0.25, 0.3) is 0 Å². The zero-order valence-electron chi connectivity index (χ0n) is 7.79. The van der Waals surface area contributed by atoms with Crippen LogP contribution < -0.4 is 0 Å². The summed E-state index contributed by atoms with van der Waals surface area (Å²) < 4.78 is 0. The number of hydrogen-bond donors (Lipinski definition) is 2. The van der Waals surface area contributed by atoms with E-state index in [-0.39, 0.29) is 5.71 Å². The normalized spacial score (nSPS) is 22.7. The Hall–Kier alpha value is -1.06. The van der Waals surface area contributed by atoms with Crippen molar-refractivity contribution in [3.63, 3.8) is 0 Å². The van der Waals surface area contributed by atoms with E-state index in [1.807, 2.05) is 6.92 Å². The van der Waals surface area contributed by atoms with Gasteiger partial charge in [-0.2, -0.15) is 0 Å². The van der Waals surface area contributed by atoms with E-state index in [2.05, 4.69) is 5.16 Å². The largest absolute Gasteiger partial charge is 0.477 e. The molecule has 0 bridgehead atoms. The molecule has 0 heterocycles. The highest BCUT2D eigenvalue weighted by Crippen LogP contribution is 2.37. The first-order chi connectivity index (χ1) is 6.10. The molecule has 0 aliphatic heterocycles. The minimum Gasteiger partial charge on any atom is -0.477 e. The van der Waals surface area contributed by atoms with Gasteiger partial charge in [0.15, 0.2) is 5.71 Å².